The van der Waals surface area contributed by atoms with E-state index in [9.17, 15) is 18.5 Å². The number of sulfonamides is 1. The Morgan fingerprint density at radius 3 is 2.22 bits per heavy atom. The molecule has 0 saturated heterocycles. The van der Waals surface area contributed by atoms with Crippen LogP contribution in [0.4, 0.5) is 5.69 Å². The molecule has 0 unspecified atom stereocenters. The fourth-order valence-corrected chi connectivity index (χ4v) is 5.04. The summed E-state index contributed by atoms with van der Waals surface area (Å²) in [5, 5.41) is 12.7. The van der Waals surface area contributed by atoms with Crippen LogP contribution in [0, 0.1) is 11.3 Å². The molecule has 0 aliphatic rings. The lowest BCUT2D eigenvalue weighted by Gasteiger charge is -2.21. The number of nitriles is 1. The Labute approximate surface area is 220 Å². The minimum atomic E-state index is -3.87. The summed E-state index contributed by atoms with van der Waals surface area (Å²) >= 11 is 5.98. The van der Waals surface area contributed by atoms with Crippen LogP contribution in [0.15, 0.2) is 112 Å². The fraction of sp³-hybridized carbons (Fsp3) is 0.0714. The predicted octanol–water partition coefficient (Wildman–Crippen LogP) is 5.87. The average molecular weight is 532 g/mol. The van der Waals surface area contributed by atoms with Gasteiger partial charge >= 0.3 is 0 Å². The van der Waals surface area contributed by atoms with Crippen LogP contribution in [-0.2, 0) is 27.9 Å². The largest absolute Gasteiger partial charge is 0.460 e. The highest BCUT2D eigenvalue weighted by atomic mass is 35.5. The van der Waals surface area contributed by atoms with E-state index in [-0.39, 0.29) is 29.3 Å². The van der Waals surface area contributed by atoms with E-state index in [1.807, 2.05) is 12.1 Å². The minimum Gasteiger partial charge on any atom is -0.460 e. The molecule has 4 rings (SSSR count). The smallest absolute Gasteiger partial charge is 0.266 e. The maximum Gasteiger partial charge on any atom is 0.266 e. The molecule has 37 heavy (non-hydrogen) atoms. The van der Waals surface area contributed by atoms with Crippen molar-refractivity contribution in [2.24, 2.45) is 0 Å². The highest BCUT2D eigenvalue weighted by Crippen LogP contribution is 2.23. The quantitative estimate of drug-likeness (QED) is 0.215. The molecule has 0 spiro atoms. The van der Waals surface area contributed by atoms with Gasteiger partial charge in [-0.3, -0.25) is 4.79 Å². The maximum absolute atomic E-state index is 13.5. The number of halogens is 1. The first-order valence-corrected chi connectivity index (χ1v) is 13.0. The zero-order chi connectivity index (χ0) is 26.3. The van der Waals surface area contributed by atoms with Crippen LogP contribution in [-0.4, -0.2) is 18.6 Å². The molecule has 186 valence electrons. The number of furan rings is 1. The number of hydrogen-bond acceptors (Lipinski definition) is 5. The van der Waals surface area contributed by atoms with Gasteiger partial charge in [-0.15, -0.1) is 0 Å². The lowest BCUT2D eigenvalue weighted by molar-refractivity contribution is -0.112. The van der Waals surface area contributed by atoms with Crippen LogP contribution >= 0.6 is 11.6 Å². The Kier molecular flexibility index (Phi) is 8.21. The lowest BCUT2D eigenvalue weighted by atomic mass is 10.2. The molecule has 0 aliphatic carbocycles. The lowest BCUT2D eigenvalue weighted by Crippen LogP contribution is -2.30. The van der Waals surface area contributed by atoms with E-state index in [4.69, 9.17) is 16.0 Å². The molecule has 1 heterocycles. The topological polar surface area (TPSA) is 103 Å². The molecule has 0 atom stereocenters. The van der Waals surface area contributed by atoms with E-state index in [2.05, 4.69) is 5.32 Å². The molecule has 7 nitrogen and oxygen atoms in total. The molecule has 1 N–H and O–H groups in total. The van der Waals surface area contributed by atoms with E-state index in [1.54, 1.807) is 78.9 Å². The van der Waals surface area contributed by atoms with Crippen molar-refractivity contribution in [2.45, 2.75) is 18.0 Å². The standard InChI is InChI=1S/C28H22ClN3O4S/c29-23-13-11-21(12-14-23)19-32(37(34,35)27-9-5-2-6-10-27)20-26-16-15-25(36-26)17-22(18-30)28(33)31-24-7-3-1-4-8-24/h1-17H,19-20H2,(H,31,33)/b22-17-. The number of amides is 1. The normalized spacial score (nSPS) is 11.8. The van der Waals surface area contributed by atoms with Crippen molar-refractivity contribution >= 4 is 39.3 Å². The number of carbonyl (C=O) groups excluding carboxylic acids is 1. The molecular formula is C28H22ClN3O4S. The van der Waals surface area contributed by atoms with E-state index in [0.717, 1.165) is 5.56 Å². The van der Waals surface area contributed by atoms with Crippen LogP contribution in [0.25, 0.3) is 6.08 Å². The van der Waals surface area contributed by atoms with E-state index < -0.39 is 15.9 Å². The Morgan fingerprint density at radius 2 is 1.57 bits per heavy atom. The van der Waals surface area contributed by atoms with Crippen molar-refractivity contribution in [3.63, 3.8) is 0 Å². The van der Waals surface area contributed by atoms with Gasteiger partial charge in [-0.25, -0.2) is 8.42 Å². The number of benzene rings is 3. The molecule has 0 aliphatic heterocycles. The summed E-state index contributed by atoms with van der Waals surface area (Å²) in [4.78, 5) is 12.7. The third-order valence-electron chi connectivity index (χ3n) is 5.35. The summed E-state index contributed by atoms with van der Waals surface area (Å²) in [5.41, 5.74) is 1.15. The number of para-hydroxylation sites is 1. The molecule has 0 radical (unpaired) electrons. The third-order valence-corrected chi connectivity index (χ3v) is 7.41. The van der Waals surface area contributed by atoms with Gasteiger partial charge in [0.05, 0.1) is 11.4 Å². The summed E-state index contributed by atoms with van der Waals surface area (Å²) in [6.07, 6.45) is 1.32. The number of anilines is 1. The zero-order valence-corrected chi connectivity index (χ0v) is 21.1. The van der Waals surface area contributed by atoms with Gasteiger partial charge < -0.3 is 9.73 Å². The monoisotopic (exact) mass is 531 g/mol. The maximum atomic E-state index is 13.5. The number of rotatable bonds is 9. The highest BCUT2D eigenvalue weighted by molar-refractivity contribution is 7.89. The van der Waals surface area contributed by atoms with Crippen LogP contribution in [0.1, 0.15) is 17.1 Å². The second-order valence-corrected chi connectivity index (χ2v) is 10.4. The SMILES string of the molecule is N#C/C(=C/c1ccc(CN(Cc2ccc(Cl)cc2)S(=O)(=O)c2ccccc2)o1)C(=O)Nc1ccccc1. The number of nitrogens with one attached hydrogen (secondary N) is 1. The summed E-state index contributed by atoms with van der Waals surface area (Å²) in [7, 11) is -3.87. The molecule has 3 aromatic carbocycles. The number of carbonyl (C=O) groups is 1. The Hall–Kier alpha value is -4.16. The third kappa shape index (κ3) is 6.74. The average Bonchev–Trinajstić information content (AvgIpc) is 3.36. The van der Waals surface area contributed by atoms with E-state index in [1.165, 1.54) is 22.5 Å². The molecule has 0 bridgehead atoms. The molecule has 0 fully saturated rings. The van der Waals surface area contributed by atoms with Crippen LogP contribution in [0.5, 0.6) is 0 Å². The Balaban J connectivity index is 1.57. The number of nitrogens with zero attached hydrogens (tertiary/aromatic N) is 2. The predicted molar refractivity (Wildman–Crippen MR) is 142 cm³/mol. The van der Waals surface area contributed by atoms with Crippen molar-refractivity contribution in [1.29, 1.82) is 5.26 Å². The van der Waals surface area contributed by atoms with Gasteiger partial charge in [0.25, 0.3) is 5.91 Å². The van der Waals surface area contributed by atoms with Gasteiger partial charge in [0.1, 0.15) is 23.2 Å². The van der Waals surface area contributed by atoms with Crippen molar-refractivity contribution in [2.75, 3.05) is 5.32 Å². The minimum absolute atomic E-state index is 0.0637. The van der Waals surface area contributed by atoms with Crippen LogP contribution in [0.2, 0.25) is 5.02 Å². The molecule has 9 heteroatoms. The van der Waals surface area contributed by atoms with Crippen LogP contribution in [0.3, 0.4) is 0 Å². The second kappa shape index (κ2) is 11.7. The van der Waals surface area contributed by atoms with Gasteiger partial charge in [-0.05, 0) is 54.1 Å². The molecule has 1 aromatic heterocycles. The first-order chi connectivity index (χ1) is 17.8. The zero-order valence-electron chi connectivity index (χ0n) is 19.5. The molecule has 4 aromatic rings. The fourth-order valence-electron chi connectivity index (χ4n) is 3.50. The summed E-state index contributed by atoms with van der Waals surface area (Å²) < 4.78 is 34.0. The Bertz CT molecular complexity index is 1540. The van der Waals surface area contributed by atoms with Crippen molar-refractivity contribution in [3.05, 3.63) is 125 Å². The van der Waals surface area contributed by atoms with Crippen molar-refractivity contribution < 1.29 is 17.6 Å². The summed E-state index contributed by atoms with van der Waals surface area (Å²) in [6.45, 7) is 0.0228. The molecular weight excluding hydrogens is 510 g/mol. The molecule has 0 saturated carbocycles. The second-order valence-electron chi connectivity index (χ2n) is 8.01. The number of hydrogen-bond donors (Lipinski definition) is 1. The van der Waals surface area contributed by atoms with E-state index in [0.29, 0.717) is 16.5 Å². The first kappa shape index (κ1) is 25.9. The van der Waals surface area contributed by atoms with E-state index >= 15 is 0 Å². The highest BCUT2D eigenvalue weighted by Gasteiger charge is 2.26. The summed E-state index contributed by atoms with van der Waals surface area (Å²) in [5.74, 6) is 0.0152. The van der Waals surface area contributed by atoms with Crippen LogP contribution < -0.4 is 5.32 Å². The van der Waals surface area contributed by atoms with Gasteiger partial charge in [0.2, 0.25) is 10.0 Å². The van der Waals surface area contributed by atoms with Gasteiger partial charge in [-0.2, -0.15) is 9.57 Å². The van der Waals surface area contributed by atoms with Crippen molar-refractivity contribution in [1.82, 2.24) is 4.31 Å². The Morgan fingerprint density at radius 1 is 0.919 bits per heavy atom. The van der Waals surface area contributed by atoms with Gasteiger partial charge in [0, 0.05) is 23.3 Å². The first-order valence-electron chi connectivity index (χ1n) is 11.2. The van der Waals surface area contributed by atoms with Gasteiger partial charge in [-0.1, -0.05) is 60.1 Å². The summed E-state index contributed by atoms with van der Waals surface area (Å²) in [6, 6.07) is 28.9. The molecule has 1 amide bonds. The van der Waals surface area contributed by atoms with Gasteiger partial charge in [0.15, 0.2) is 0 Å². The van der Waals surface area contributed by atoms with Crippen molar-refractivity contribution in [3.8, 4) is 6.07 Å².